The minimum atomic E-state index is -1.49. The molecule has 1 aliphatic rings. The number of aliphatic hydroxyl groups is 2. The molecule has 204 valence electrons. The molecule has 3 aromatic rings. The molecule has 1 unspecified atom stereocenters. The van der Waals surface area contributed by atoms with Crippen LogP contribution in [0.3, 0.4) is 0 Å². The lowest BCUT2D eigenvalue weighted by Gasteiger charge is -2.17. The van der Waals surface area contributed by atoms with E-state index in [0.29, 0.717) is 40.0 Å². The number of nitrogens with one attached hydrogen (secondary N) is 1. The molecule has 0 saturated carbocycles. The predicted octanol–water partition coefficient (Wildman–Crippen LogP) is 5.21. The third kappa shape index (κ3) is 7.84. The van der Waals surface area contributed by atoms with E-state index in [-0.39, 0.29) is 5.91 Å². The summed E-state index contributed by atoms with van der Waals surface area (Å²) in [6, 6.07) is 17.1. The molecule has 1 atom stereocenters. The Hall–Kier alpha value is -4.84. The van der Waals surface area contributed by atoms with E-state index < -0.39 is 6.29 Å². The molecule has 0 aliphatic carbocycles. The highest BCUT2D eigenvalue weighted by Gasteiger charge is 2.21. The molecular formula is C32H31N3O5. The first-order valence-corrected chi connectivity index (χ1v) is 12.8. The molecule has 4 rings (SSSR count). The van der Waals surface area contributed by atoms with Gasteiger partial charge in [-0.25, -0.2) is 4.98 Å². The highest BCUT2D eigenvalue weighted by molar-refractivity contribution is 6.04. The molecular weight excluding hydrogens is 506 g/mol. The molecule has 1 fully saturated rings. The van der Waals surface area contributed by atoms with Crippen LogP contribution < -0.4 is 19.7 Å². The summed E-state index contributed by atoms with van der Waals surface area (Å²) in [6.07, 6.45) is 15.3. The Morgan fingerprint density at radius 3 is 2.52 bits per heavy atom. The number of anilines is 2. The van der Waals surface area contributed by atoms with Crippen molar-refractivity contribution in [3.63, 3.8) is 0 Å². The molecule has 8 heteroatoms. The second-order valence-electron chi connectivity index (χ2n) is 9.08. The highest BCUT2D eigenvalue weighted by Crippen LogP contribution is 2.25. The van der Waals surface area contributed by atoms with Gasteiger partial charge in [0.15, 0.2) is 6.29 Å². The topological polar surface area (TPSA) is 104 Å². The van der Waals surface area contributed by atoms with Crippen LogP contribution in [-0.4, -0.2) is 34.2 Å². The fourth-order valence-electron chi connectivity index (χ4n) is 4.12. The quantitative estimate of drug-likeness (QED) is 0.141. The molecule has 3 N–H and O–H groups in total. The lowest BCUT2D eigenvalue weighted by Crippen LogP contribution is -2.20. The maximum Gasteiger partial charge on any atom is 0.255 e. The van der Waals surface area contributed by atoms with Gasteiger partial charge >= 0.3 is 0 Å². The lowest BCUT2D eigenvalue weighted by molar-refractivity contribution is -0.0425. The smallest absolute Gasteiger partial charge is 0.255 e. The third-order valence-electron chi connectivity index (χ3n) is 6.20. The van der Waals surface area contributed by atoms with Crippen molar-refractivity contribution >= 4 is 17.4 Å². The number of carbonyl (C=O) groups is 1. The van der Waals surface area contributed by atoms with Crippen LogP contribution in [0.4, 0.5) is 11.5 Å². The number of aromatic nitrogens is 1. The zero-order valence-electron chi connectivity index (χ0n) is 22.1. The average Bonchev–Trinajstić information content (AvgIpc) is 3.43. The first-order valence-electron chi connectivity index (χ1n) is 12.8. The Balaban J connectivity index is 1.26. The van der Waals surface area contributed by atoms with Gasteiger partial charge < -0.3 is 29.9 Å². The van der Waals surface area contributed by atoms with E-state index in [4.69, 9.17) is 15.9 Å². The van der Waals surface area contributed by atoms with Crippen LogP contribution in [0.2, 0.25) is 0 Å². The Bertz CT molecular complexity index is 1400. The third-order valence-corrected chi connectivity index (χ3v) is 6.20. The second-order valence-corrected chi connectivity index (χ2v) is 9.08. The molecule has 1 amide bonds. The van der Waals surface area contributed by atoms with Crippen molar-refractivity contribution in [3.8, 4) is 23.8 Å². The molecule has 2 aromatic carbocycles. The van der Waals surface area contributed by atoms with Crippen molar-refractivity contribution in [3.05, 3.63) is 114 Å². The first-order chi connectivity index (χ1) is 19.4. The van der Waals surface area contributed by atoms with Crippen molar-refractivity contribution in [1.29, 1.82) is 0 Å². The summed E-state index contributed by atoms with van der Waals surface area (Å²) in [7, 11) is 0. The Labute approximate surface area is 233 Å². The van der Waals surface area contributed by atoms with Gasteiger partial charge in [0, 0.05) is 30.3 Å². The van der Waals surface area contributed by atoms with Crippen LogP contribution in [0.5, 0.6) is 11.5 Å². The van der Waals surface area contributed by atoms with Crippen molar-refractivity contribution in [2.45, 2.75) is 19.6 Å². The van der Waals surface area contributed by atoms with Gasteiger partial charge in [0.25, 0.3) is 5.91 Å². The highest BCUT2D eigenvalue weighted by atomic mass is 16.5. The molecule has 0 radical (unpaired) electrons. The van der Waals surface area contributed by atoms with E-state index in [9.17, 15) is 15.0 Å². The van der Waals surface area contributed by atoms with Gasteiger partial charge in [0.1, 0.15) is 23.1 Å². The van der Waals surface area contributed by atoms with E-state index >= 15 is 0 Å². The van der Waals surface area contributed by atoms with E-state index in [1.54, 1.807) is 67.1 Å². The monoisotopic (exact) mass is 537 g/mol. The lowest BCUT2D eigenvalue weighted by atomic mass is 10.1. The molecule has 0 bridgehead atoms. The Kier molecular flexibility index (Phi) is 9.72. The number of benzene rings is 2. The zero-order valence-corrected chi connectivity index (χ0v) is 22.1. The number of terminal acetylenes is 1. The van der Waals surface area contributed by atoms with Gasteiger partial charge in [-0.15, -0.1) is 6.42 Å². The number of aliphatic hydroxyl groups excluding tert-OH is 1. The number of carbonyl (C=O) groups excluding carboxylic acids is 1. The molecule has 1 aliphatic heterocycles. The fraction of sp³-hybridized carbons (Fsp3) is 0.188. The van der Waals surface area contributed by atoms with E-state index in [2.05, 4.69) is 21.1 Å². The van der Waals surface area contributed by atoms with Crippen LogP contribution in [0, 0.1) is 18.3 Å². The SMILES string of the molecule is C#CC=C(C=CC)Oc1ccc(C(=O)Nc2ccc(N3CCC(C=COc4ccc(C(O)O)cc4)C3)nc2)cc1. The summed E-state index contributed by atoms with van der Waals surface area (Å²) in [5.74, 6) is 5.07. The summed E-state index contributed by atoms with van der Waals surface area (Å²) in [5, 5.41) is 21.2. The average molecular weight is 538 g/mol. The summed E-state index contributed by atoms with van der Waals surface area (Å²) >= 11 is 0. The molecule has 1 saturated heterocycles. The van der Waals surface area contributed by atoms with E-state index in [1.165, 1.54) is 6.08 Å². The molecule has 8 nitrogen and oxygen atoms in total. The van der Waals surface area contributed by atoms with Gasteiger partial charge in [0.05, 0.1) is 18.1 Å². The van der Waals surface area contributed by atoms with Gasteiger partial charge in [-0.1, -0.05) is 24.1 Å². The Morgan fingerprint density at radius 1 is 1.12 bits per heavy atom. The minimum Gasteiger partial charge on any atom is -0.465 e. The summed E-state index contributed by atoms with van der Waals surface area (Å²) in [6.45, 7) is 3.53. The minimum absolute atomic E-state index is 0.248. The van der Waals surface area contributed by atoms with Crippen LogP contribution in [0.15, 0.2) is 103 Å². The number of ether oxygens (including phenoxy) is 2. The standard InChI is InChI=1S/C32H31N3O5/c1-3-5-28(6-4-2)40-29-14-7-24(8-15-29)31(36)34-26-11-16-30(33-21-26)35-19-17-23(22-35)18-20-39-27-12-9-25(10-13-27)32(37)38/h1,4-16,18,20-21,23,32,37-38H,17,19,22H2,2H3,(H,34,36). The molecule has 1 aromatic heterocycles. The van der Waals surface area contributed by atoms with Gasteiger partial charge in [-0.3, -0.25) is 4.79 Å². The number of pyridine rings is 1. The molecule has 0 spiro atoms. The number of allylic oxidation sites excluding steroid dienone is 3. The van der Waals surface area contributed by atoms with Crippen molar-refractivity contribution in [2.24, 2.45) is 5.92 Å². The van der Waals surface area contributed by atoms with Crippen molar-refractivity contribution in [1.82, 2.24) is 4.98 Å². The van der Waals surface area contributed by atoms with Gasteiger partial charge in [0.2, 0.25) is 0 Å². The number of amides is 1. The fourth-order valence-corrected chi connectivity index (χ4v) is 4.12. The van der Waals surface area contributed by atoms with E-state index in [0.717, 1.165) is 25.3 Å². The maximum atomic E-state index is 12.7. The van der Waals surface area contributed by atoms with E-state index in [1.807, 2.05) is 31.2 Å². The maximum absolute atomic E-state index is 12.7. The number of rotatable bonds is 10. The Morgan fingerprint density at radius 2 is 1.88 bits per heavy atom. The van der Waals surface area contributed by atoms with Crippen molar-refractivity contribution in [2.75, 3.05) is 23.3 Å². The zero-order chi connectivity index (χ0) is 28.3. The summed E-state index contributed by atoms with van der Waals surface area (Å²) in [4.78, 5) is 19.4. The number of nitrogens with zero attached hydrogens (tertiary/aromatic N) is 2. The summed E-state index contributed by atoms with van der Waals surface area (Å²) in [5.41, 5.74) is 1.50. The van der Waals surface area contributed by atoms with Crippen LogP contribution in [0.25, 0.3) is 0 Å². The van der Waals surface area contributed by atoms with Crippen LogP contribution in [0.1, 0.15) is 35.6 Å². The van der Waals surface area contributed by atoms with Crippen LogP contribution in [-0.2, 0) is 0 Å². The summed E-state index contributed by atoms with van der Waals surface area (Å²) < 4.78 is 11.4. The largest absolute Gasteiger partial charge is 0.465 e. The number of hydrogen-bond donors (Lipinski definition) is 3. The van der Waals surface area contributed by atoms with Gasteiger partial charge in [-0.2, -0.15) is 0 Å². The normalized spacial score (nSPS) is 15.5. The molecule has 2 heterocycles. The predicted molar refractivity (Wildman–Crippen MR) is 155 cm³/mol. The first kappa shape index (κ1) is 28.2. The number of hydrogen-bond acceptors (Lipinski definition) is 7. The molecule has 40 heavy (non-hydrogen) atoms. The van der Waals surface area contributed by atoms with Crippen LogP contribution >= 0.6 is 0 Å². The van der Waals surface area contributed by atoms with Gasteiger partial charge in [-0.05, 0) is 79.9 Å². The van der Waals surface area contributed by atoms with Crippen molar-refractivity contribution < 1.29 is 24.5 Å². The second kappa shape index (κ2) is 13.8.